The second-order valence-electron chi connectivity index (χ2n) is 4.12. The first kappa shape index (κ1) is 11.7. The molecule has 1 aromatic carbocycles. The average Bonchev–Trinajstić information content (AvgIpc) is 2.75. The Morgan fingerprint density at radius 1 is 1.35 bits per heavy atom. The van der Waals surface area contributed by atoms with Crippen LogP contribution in [-0.2, 0) is 6.54 Å². The number of halogens is 1. The molecule has 0 aliphatic heterocycles. The second kappa shape index (κ2) is 5.05. The van der Waals surface area contributed by atoms with Crippen LogP contribution in [0.4, 0.5) is 4.39 Å². The summed E-state index contributed by atoms with van der Waals surface area (Å²) in [4.78, 5) is 0. The van der Waals surface area contributed by atoms with E-state index in [1.807, 2.05) is 0 Å². The number of para-hydroxylation sites is 1. The number of nitrogens with zero attached hydrogens (tertiary/aromatic N) is 3. The van der Waals surface area contributed by atoms with Gasteiger partial charge in [0.25, 0.3) is 0 Å². The molecular formula is C12H15FN4. The Morgan fingerprint density at radius 3 is 2.82 bits per heavy atom. The van der Waals surface area contributed by atoms with Crippen molar-refractivity contribution in [3.05, 3.63) is 42.0 Å². The van der Waals surface area contributed by atoms with Crippen LogP contribution >= 0.6 is 0 Å². The van der Waals surface area contributed by atoms with E-state index in [1.54, 1.807) is 24.4 Å². The number of aromatic nitrogens is 3. The first-order valence-electron chi connectivity index (χ1n) is 5.56. The minimum Gasteiger partial charge on any atom is -0.309 e. The number of hydrogen-bond acceptors (Lipinski definition) is 3. The molecule has 0 saturated carbocycles. The van der Waals surface area contributed by atoms with Gasteiger partial charge < -0.3 is 5.32 Å². The molecule has 2 rings (SSSR count). The fraction of sp³-hybridized carbons (Fsp3) is 0.333. The van der Waals surface area contributed by atoms with Crippen LogP contribution in [0.25, 0.3) is 5.69 Å². The summed E-state index contributed by atoms with van der Waals surface area (Å²) in [7, 11) is 0. The predicted molar refractivity (Wildman–Crippen MR) is 63.3 cm³/mol. The Labute approximate surface area is 99.5 Å². The quantitative estimate of drug-likeness (QED) is 0.878. The van der Waals surface area contributed by atoms with Crippen molar-refractivity contribution in [3.8, 4) is 5.69 Å². The summed E-state index contributed by atoms with van der Waals surface area (Å²) in [6.07, 6.45) is 1.64. The van der Waals surface area contributed by atoms with Gasteiger partial charge in [0.1, 0.15) is 11.5 Å². The molecule has 1 N–H and O–H groups in total. The van der Waals surface area contributed by atoms with Gasteiger partial charge in [-0.15, -0.1) is 5.10 Å². The molecule has 0 fully saturated rings. The molecule has 1 heterocycles. The van der Waals surface area contributed by atoms with Crippen molar-refractivity contribution in [2.24, 2.45) is 0 Å². The van der Waals surface area contributed by atoms with Crippen LogP contribution in [0.5, 0.6) is 0 Å². The van der Waals surface area contributed by atoms with E-state index in [1.165, 1.54) is 10.7 Å². The smallest absolute Gasteiger partial charge is 0.148 e. The third-order valence-electron chi connectivity index (χ3n) is 2.39. The zero-order valence-corrected chi connectivity index (χ0v) is 9.89. The van der Waals surface area contributed by atoms with E-state index in [9.17, 15) is 4.39 Å². The normalized spacial score (nSPS) is 11.1. The largest absolute Gasteiger partial charge is 0.309 e. The number of nitrogens with one attached hydrogen (secondary N) is 1. The third-order valence-corrected chi connectivity index (χ3v) is 2.39. The maximum Gasteiger partial charge on any atom is 0.148 e. The minimum atomic E-state index is -0.302. The molecule has 0 aliphatic carbocycles. The summed E-state index contributed by atoms with van der Waals surface area (Å²) in [5.41, 5.74) is 1.26. The molecule has 5 heteroatoms. The van der Waals surface area contributed by atoms with Crippen LogP contribution in [-0.4, -0.2) is 21.0 Å². The van der Waals surface area contributed by atoms with Gasteiger partial charge in [0.05, 0.1) is 11.9 Å². The highest BCUT2D eigenvalue weighted by molar-refractivity contribution is 5.33. The Hall–Kier alpha value is -1.75. The fourth-order valence-corrected chi connectivity index (χ4v) is 1.51. The van der Waals surface area contributed by atoms with E-state index in [-0.39, 0.29) is 5.82 Å². The van der Waals surface area contributed by atoms with Crippen molar-refractivity contribution >= 4 is 0 Å². The molecule has 0 saturated heterocycles. The van der Waals surface area contributed by atoms with E-state index in [2.05, 4.69) is 29.5 Å². The summed E-state index contributed by atoms with van der Waals surface area (Å²) < 4.78 is 15.1. The molecule has 2 aromatic rings. The lowest BCUT2D eigenvalue weighted by atomic mass is 10.3. The molecule has 0 radical (unpaired) electrons. The average molecular weight is 234 g/mol. The van der Waals surface area contributed by atoms with Gasteiger partial charge in [-0.1, -0.05) is 31.2 Å². The van der Waals surface area contributed by atoms with Crippen molar-refractivity contribution in [1.29, 1.82) is 0 Å². The van der Waals surface area contributed by atoms with Gasteiger partial charge >= 0.3 is 0 Å². The van der Waals surface area contributed by atoms with Crippen molar-refractivity contribution in [2.75, 3.05) is 0 Å². The highest BCUT2D eigenvalue weighted by Gasteiger charge is 2.09. The molecule has 0 bridgehead atoms. The number of rotatable bonds is 4. The topological polar surface area (TPSA) is 42.7 Å². The van der Waals surface area contributed by atoms with E-state index in [4.69, 9.17) is 0 Å². The molecule has 1 aromatic heterocycles. The van der Waals surface area contributed by atoms with Gasteiger partial charge in [-0.2, -0.15) is 0 Å². The molecular weight excluding hydrogens is 219 g/mol. The lowest BCUT2D eigenvalue weighted by Crippen LogP contribution is -2.23. The van der Waals surface area contributed by atoms with Gasteiger partial charge in [0.2, 0.25) is 0 Å². The summed E-state index contributed by atoms with van der Waals surface area (Å²) in [6.45, 7) is 4.72. The number of hydrogen-bond donors (Lipinski definition) is 1. The SMILES string of the molecule is CC(C)NCc1cnnn1-c1ccccc1F. The Kier molecular flexibility index (Phi) is 3.49. The van der Waals surface area contributed by atoms with E-state index in [0.29, 0.717) is 18.3 Å². The van der Waals surface area contributed by atoms with Crippen molar-refractivity contribution in [1.82, 2.24) is 20.3 Å². The van der Waals surface area contributed by atoms with E-state index in [0.717, 1.165) is 5.69 Å². The standard InChI is InChI=1S/C12H15FN4/c1-9(2)14-7-10-8-15-16-17(10)12-6-4-3-5-11(12)13/h3-6,8-9,14H,7H2,1-2H3. The fourth-order valence-electron chi connectivity index (χ4n) is 1.51. The molecule has 0 amide bonds. The lowest BCUT2D eigenvalue weighted by molar-refractivity contribution is 0.560. The van der Waals surface area contributed by atoms with E-state index < -0.39 is 0 Å². The zero-order valence-electron chi connectivity index (χ0n) is 9.89. The van der Waals surface area contributed by atoms with Crippen LogP contribution in [0.3, 0.4) is 0 Å². The predicted octanol–water partition coefficient (Wildman–Crippen LogP) is 1.90. The maximum absolute atomic E-state index is 13.6. The molecule has 0 spiro atoms. The first-order chi connectivity index (χ1) is 8.18. The minimum absolute atomic E-state index is 0.302. The molecule has 90 valence electrons. The second-order valence-corrected chi connectivity index (χ2v) is 4.12. The summed E-state index contributed by atoms with van der Waals surface area (Å²) in [6, 6.07) is 6.89. The van der Waals surface area contributed by atoms with Crippen LogP contribution in [0.1, 0.15) is 19.5 Å². The Balaban J connectivity index is 2.28. The molecule has 0 atom stereocenters. The van der Waals surface area contributed by atoms with Crippen molar-refractivity contribution in [3.63, 3.8) is 0 Å². The van der Waals surface area contributed by atoms with Gasteiger partial charge in [0, 0.05) is 12.6 Å². The summed E-state index contributed by atoms with van der Waals surface area (Å²) >= 11 is 0. The molecule has 4 nitrogen and oxygen atoms in total. The van der Waals surface area contributed by atoms with Crippen LogP contribution in [0.15, 0.2) is 30.5 Å². The van der Waals surface area contributed by atoms with Gasteiger partial charge in [-0.05, 0) is 12.1 Å². The summed E-state index contributed by atoms with van der Waals surface area (Å²) in [5, 5.41) is 11.0. The van der Waals surface area contributed by atoms with Crippen LogP contribution in [0, 0.1) is 5.82 Å². The number of benzene rings is 1. The lowest BCUT2D eigenvalue weighted by Gasteiger charge is -2.10. The monoisotopic (exact) mass is 234 g/mol. The molecule has 0 aliphatic rings. The Morgan fingerprint density at radius 2 is 2.12 bits per heavy atom. The highest BCUT2D eigenvalue weighted by atomic mass is 19.1. The van der Waals surface area contributed by atoms with Crippen molar-refractivity contribution in [2.45, 2.75) is 26.4 Å². The van der Waals surface area contributed by atoms with Crippen molar-refractivity contribution < 1.29 is 4.39 Å². The maximum atomic E-state index is 13.6. The van der Waals surface area contributed by atoms with Gasteiger partial charge in [0.15, 0.2) is 0 Å². The van der Waals surface area contributed by atoms with E-state index >= 15 is 0 Å². The van der Waals surface area contributed by atoms with Crippen LogP contribution < -0.4 is 5.32 Å². The van der Waals surface area contributed by atoms with Gasteiger partial charge in [-0.25, -0.2) is 9.07 Å². The first-order valence-corrected chi connectivity index (χ1v) is 5.56. The highest BCUT2D eigenvalue weighted by Crippen LogP contribution is 2.13. The van der Waals surface area contributed by atoms with Gasteiger partial charge in [-0.3, -0.25) is 0 Å². The molecule has 0 unspecified atom stereocenters. The summed E-state index contributed by atoms with van der Waals surface area (Å²) in [5.74, 6) is -0.302. The third kappa shape index (κ3) is 2.68. The Bertz CT molecular complexity index is 493. The molecule has 17 heavy (non-hydrogen) atoms. The van der Waals surface area contributed by atoms with Crippen LogP contribution in [0.2, 0.25) is 0 Å². The zero-order chi connectivity index (χ0) is 12.3.